The number of anilines is 2. The van der Waals surface area contributed by atoms with Crippen molar-refractivity contribution in [1.82, 2.24) is 0 Å². The van der Waals surface area contributed by atoms with Crippen LogP contribution >= 0.6 is 0 Å². The summed E-state index contributed by atoms with van der Waals surface area (Å²) in [5, 5.41) is 0. The van der Waals surface area contributed by atoms with Gasteiger partial charge < -0.3 is 15.4 Å². The Hall–Kier alpha value is -2.49. The minimum Gasteiger partial charge on any atom is -0.480 e. The third kappa shape index (κ3) is 1.95. The number of nitrogens with zero attached hydrogens (tertiary/aromatic N) is 1. The highest BCUT2D eigenvalue weighted by molar-refractivity contribution is 5.99. The molecule has 2 aliphatic heterocycles. The Labute approximate surface area is 123 Å². The predicted molar refractivity (Wildman–Crippen MR) is 81.5 cm³/mol. The minimum absolute atomic E-state index is 0.0237. The molecule has 1 atom stereocenters. The maximum atomic E-state index is 12.8. The van der Waals surface area contributed by atoms with Crippen molar-refractivity contribution in [2.45, 2.75) is 18.9 Å². The summed E-state index contributed by atoms with van der Waals surface area (Å²) in [7, 11) is 0. The lowest BCUT2D eigenvalue weighted by Crippen LogP contribution is -2.40. The van der Waals surface area contributed by atoms with Gasteiger partial charge >= 0.3 is 0 Å². The molecule has 1 amide bonds. The fourth-order valence-corrected chi connectivity index (χ4v) is 3.12. The maximum absolute atomic E-state index is 12.8. The summed E-state index contributed by atoms with van der Waals surface area (Å²) in [5.74, 6) is 0.846. The van der Waals surface area contributed by atoms with Gasteiger partial charge in [-0.15, -0.1) is 0 Å². The molecule has 21 heavy (non-hydrogen) atoms. The first-order chi connectivity index (χ1) is 10.2. The molecular weight excluding hydrogens is 264 g/mol. The zero-order valence-corrected chi connectivity index (χ0v) is 11.6. The molecule has 2 heterocycles. The minimum atomic E-state index is -0.421. The highest BCUT2D eigenvalue weighted by Gasteiger charge is 2.35. The predicted octanol–water partition coefficient (Wildman–Crippen LogP) is 2.16. The highest BCUT2D eigenvalue weighted by Crippen LogP contribution is 2.34. The largest absolute Gasteiger partial charge is 0.480 e. The normalized spacial score (nSPS) is 19.0. The maximum Gasteiger partial charge on any atom is 0.268 e. The first-order valence-electron chi connectivity index (χ1n) is 7.17. The Kier molecular flexibility index (Phi) is 2.64. The van der Waals surface area contributed by atoms with Gasteiger partial charge in [-0.05, 0) is 35.7 Å². The zero-order valence-electron chi connectivity index (χ0n) is 11.6. The van der Waals surface area contributed by atoms with Crippen LogP contribution in [0.5, 0.6) is 5.75 Å². The molecule has 0 aliphatic carbocycles. The van der Waals surface area contributed by atoms with E-state index in [9.17, 15) is 4.79 Å². The summed E-state index contributed by atoms with van der Waals surface area (Å²) in [4.78, 5) is 14.6. The van der Waals surface area contributed by atoms with Crippen LogP contribution in [-0.4, -0.2) is 18.6 Å². The molecule has 0 aromatic heterocycles. The number of rotatable bonds is 1. The van der Waals surface area contributed by atoms with Gasteiger partial charge in [0.05, 0.1) is 0 Å². The number of para-hydroxylation sites is 1. The molecule has 2 N–H and O–H groups in total. The summed E-state index contributed by atoms with van der Waals surface area (Å²) in [6.07, 6.45) is 1.10. The van der Waals surface area contributed by atoms with Gasteiger partial charge in [0, 0.05) is 24.3 Å². The fourth-order valence-electron chi connectivity index (χ4n) is 3.12. The SMILES string of the molecule is Nc1ccc2c(c1)N(C(=O)C1Cc3ccccc3O1)CC2. The number of nitrogen functional groups attached to an aromatic ring is 1. The number of nitrogens with two attached hydrogens (primary N) is 1. The van der Waals surface area contributed by atoms with Crippen molar-refractivity contribution in [2.75, 3.05) is 17.2 Å². The lowest BCUT2D eigenvalue weighted by atomic mass is 10.1. The van der Waals surface area contributed by atoms with Crippen LogP contribution in [0.4, 0.5) is 11.4 Å². The van der Waals surface area contributed by atoms with Gasteiger partial charge in [0.25, 0.3) is 5.91 Å². The summed E-state index contributed by atoms with van der Waals surface area (Å²) >= 11 is 0. The molecular formula is C17H16N2O2. The second-order valence-corrected chi connectivity index (χ2v) is 5.55. The second kappa shape index (κ2) is 4.52. The van der Waals surface area contributed by atoms with Gasteiger partial charge in [-0.2, -0.15) is 0 Å². The van der Waals surface area contributed by atoms with E-state index in [1.54, 1.807) is 0 Å². The van der Waals surface area contributed by atoms with Crippen LogP contribution < -0.4 is 15.4 Å². The van der Waals surface area contributed by atoms with Crippen molar-refractivity contribution in [3.8, 4) is 5.75 Å². The van der Waals surface area contributed by atoms with Crippen molar-refractivity contribution in [3.63, 3.8) is 0 Å². The number of hydrogen-bond acceptors (Lipinski definition) is 3. The van der Waals surface area contributed by atoms with Gasteiger partial charge in [-0.1, -0.05) is 24.3 Å². The first kappa shape index (κ1) is 12.3. The van der Waals surface area contributed by atoms with Gasteiger partial charge in [0.1, 0.15) is 5.75 Å². The van der Waals surface area contributed by atoms with E-state index in [2.05, 4.69) is 0 Å². The van der Waals surface area contributed by atoms with Crippen molar-refractivity contribution in [3.05, 3.63) is 53.6 Å². The molecule has 2 aromatic rings. The van der Waals surface area contributed by atoms with E-state index in [1.807, 2.05) is 47.4 Å². The monoisotopic (exact) mass is 280 g/mol. The summed E-state index contributed by atoms with van der Waals surface area (Å²) in [5.41, 5.74) is 9.73. The number of amides is 1. The second-order valence-electron chi connectivity index (χ2n) is 5.55. The third-order valence-corrected chi connectivity index (χ3v) is 4.19. The Morgan fingerprint density at radius 2 is 2.05 bits per heavy atom. The molecule has 0 bridgehead atoms. The molecule has 4 rings (SSSR count). The zero-order chi connectivity index (χ0) is 14.4. The number of fused-ring (bicyclic) bond motifs is 2. The summed E-state index contributed by atoms with van der Waals surface area (Å²) in [6, 6.07) is 13.6. The first-order valence-corrected chi connectivity index (χ1v) is 7.17. The van der Waals surface area contributed by atoms with Crippen LogP contribution in [0.2, 0.25) is 0 Å². The number of carbonyl (C=O) groups is 1. The van der Waals surface area contributed by atoms with Gasteiger partial charge in [-0.25, -0.2) is 0 Å². The Bertz CT molecular complexity index is 701. The molecule has 0 saturated carbocycles. The number of hydrogen-bond donors (Lipinski definition) is 1. The standard InChI is InChI=1S/C17H16N2O2/c18-13-6-5-11-7-8-19(14(11)10-13)17(20)16-9-12-3-1-2-4-15(12)21-16/h1-6,10,16H,7-9,18H2. The van der Waals surface area contributed by atoms with E-state index in [0.717, 1.165) is 23.4 Å². The summed E-state index contributed by atoms with van der Waals surface area (Å²) < 4.78 is 5.80. The van der Waals surface area contributed by atoms with Crippen molar-refractivity contribution < 1.29 is 9.53 Å². The van der Waals surface area contributed by atoms with E-state index >= 15 is 0 Å². The Morgan fingerprint density at radius 3 is 2.90 bits per heavy atom. The third-order valence-electron chi connectivity index (χ3n) is 4.19. The van der Waals surface area contributed by atoms with Gasteiger partial charge in [-0.3, -0.25) is 4.79 Å². The van der Waals surface area contributed by atoms with Crippen LogP contribution in [0.3, 0.4) is 0 Å². The van der Waals surface area contributed by atoms with Crippen LogP contribution in [0.15, 0.2) is 42.5 Å². The number of benzene rings is 2. The molecule has 106 valence electrons. The Morgan fingerprint density at radius 1 is 1.19 bits per heavy atom. The molecule has 0 spiro atoms. The van der Waals surface area contributed by atoms with E-state index in [4.69, 9.17) is 10.5 Å². The van der Waals surface area contributed by atoms with Crippen LogP contribution in [-0.2, 0) is 17.6 Å². The Balaban J connectivity index is 1.60. The number of carbonyl (C=O) groups excluding carboxylic acids is 1. The fraction of sp³-hybridized carbons (Fsp3) is 0.235. The van der Waals surface area contributed by atoms with Crippen LogP contribution in [0, 0.1) is 0 Å². The highest BCUT2D eigenvalue weighted by atomic mass is 16.5. The van der Waals surface area contributed by atoms with Crippen LogP contribution in [0.1, 0.15) is 11.1 Å². The van der Waals surface area contributed by atoms with Crippen molar-refractivity contribution in [1.29, 1.82) is 0 Å². The van der Waals surface area contributed by atoms with E-state index in [0.29, 0.717) is 18.7 Å². The average Bonchev–Trinajstić information content (AvgIpc) is 3.09. The van der Waals surface area contributed by atoms with E-state index in [1.165, 1.54) is 5.56 Å². The quantitative estimate of drug-likeness (QED) is 0.814. The molecule has 2 aromatic carbocycles. The lowest BCUT2D eigenvalue weighted by Gasteiger charge is -2.21. The van der Waals surface area contributed by atoms with Crippen molar-refractivity contribution >= 4 is 17.3 Å². The molecule has 0 fully saturated rings. The molecule has 4 nitrogen and oxygen atoms in total. The number of ether oxygens (including phenoxy) is 1. The van der Waals surface area contributed by atoms with E-state index in [-0.39, 0.29) is 5.91 Å². The van der Waals surface area contributed by atoms with Crippen molar-refractivity contribution in [2.24, 2.45) is 0 Å². The topological polar surface area (TPSA) is 55.6 Å². The molecule has 0 saturated heterocycles. The average molecular weight is 280 g/mol. The van der Waals surface area contributed by atoms with Crippen LogP contribution in [0.25, 0.3) is 0 Å². The molecule has 2 aliphatic rings. The van der Waals surface area contributed by atoms with Gasteiger partial charge in [0.2, 0.25) is 0 Å². The lowest BCUT2D eigenvalue weighted by molar-refractivity contribution is -0.124. The van der Waals surface area contributed by atoms with Gasteiger partial charge in [0.15, 0.2) is 6.10 Å². The molecule has 4 heteroatoms. The van der Waals surface area contributed by atoms with E-state index < -0.39 is 6.10 Å². The summed E-state index contributed by atoms with van der Waals surface area (Å²) in [6.45, 7) is 0.702. The molecule has 0 radical (unpaired) electrons. The smallest absolute Gasteiger partial charge is 0.268 e. The molecule has 1 unspecified atom stereocenters.